The molecule has 1 atom stereocenters. The molecule has 0 spiro atoms. The molecule has 0 N–H and O–H groups in total. The molecular weight excluding hydrogens is 434 g/mol. The first-order valence-electron chi connectivity index (χ1n) is 12.1. The maximum absolute atomic E-state index is 12.8. The summed E-state index contributed by atoms with van der Waals surface area (Å²) < 4.78 is 0. The van der Waals surface area contributed by atoms with Gasteiger partial charge in [-0.3, -0.25) is 19.5 Å². The summed E-state index contributed by atoms with van der Waals surface area (Å²) in [6.07, 6.45) is 6.29. The van der Waals surface area contributed by atoms with Crippen LogP contribution in [0.15, 0.2) is 30.5 Å². The van der Waals surface area contributed by atoms with E-state index in [0.717, 1.165) is 60.9 Å². The molecule has 0 unspecified atom stereocenters. The summed E-state index contributed by atoms with van der Waals surface area (Å²) in [5.74, 6) is 1.14. The van der Waals surface area contributed by atoms with E-state index in [1.165, 1.54) is 12.8 Å². The Bertz CT molecular complexity index is 1020. The lowest BCUT2D eigenvalue weighted by Gasteiger charge is -2.40. The van der Waals surface area contributed by atoms with Gasteiger partial charge in [0.2, 0.25) is 5.91 Å². The quantitative estimate of drug-likeness (QED) is 0.512. The SMILES string of the molecule is Cc1ccc(C(=O)Cc2cc(Cl)cc(CN3CCN(C(=O)CCC4CC4)[C@@H](C)C3)c2C)cn1. The van der Waals surface area contributed by atoms with Gasteiger partial charge in [0.15, 0.2) is 5.78 Å². The highest BCUT2D eigenvalue weighted by Gasteiger charge is 2.29. The number of ketones is 1. The number of carbonyl (C=O) groups excluding carboxylic acids is 2. The van der Waals surface area contributed by atoms with Crippen LogP contribution in [0.4, 0.5) is 0 Å². The zero-order valence-electron chi connectivity index (χ0n) is 19.9. The van der Waals surface area contributed by atoms with Crippen LogP contribution in [-0.2, 0) is 17.8 Å². The highest BCUT2D eigenvalue weighted by molar-refractivity contribution is 6.30. The molecule has 0 radical (unpaired) electrons. The second-order valence-electron chi connectivity index (χ2n) is 9.79. The molecule has 1 aromatic carbocycles. The number of hydrogen-bond donors (Lipinski definition) is 0. The number of rotatable bonds is 8. The molecular formula is C27H34ClN3O2. The minimum Gasteiger partial charge on any atom is -0.337 e. The van der Waals surface area contributed by atoms with Crippen molar-refractivity contribution in [2.75, 3.05) is 19.6 Å². The van der Waals surface area contributed by atoms with Crippen LogP contribution in [0.1, 0.15) is 65.3 Å². The number of aryl methyl sites for hydroxylation is 1. The lowest BCUT2D eigenvalue weighted by molar-refractivity contribution is -0.136. The largest absolute Gasteiger partial charge is 0.337 e. The molecule has 1 amide bonds. The van der Waals surface area contributed by atoms with Crippen molar-refractivity contribution < 1.29 is 9.59 Å². The van der Waals surface area contributed by atoms with Crippen LogP contribution in [0.3, 0.4) is 0 Å². The molecule has 1 aliphatic heterocycles. The van der Waals surface area contributed by atoms with Crippen molar-refractivity contribution in [3.8, 4) is 0 Å². The lowest BCUT2D eigenvalue weighted by atomic mass is 9.96. The molecule has 1 aromatic heterocycles. The molecule has 33 heavy (non-hydrogen) atoms. The van der Waals surface area contributed by atoms with Crippen molar-refractivity contribution in [3.63, 3.8) is 0 Å². The van der Waals surface area contributed by atoms with Crippen molar-refractivity contribution in [1.82, 2.24) is 14.8 Å². The number of benzene rings is 1. The van der Waals surface area contributed by atoms with Crippen molar-refractivity contribution in [1.29, 1.82) is 0 Å². The smallest absolute Gasteiger partial charge is 0.222 e. The van der Waals surface area contributed by atoms with Crippen LogP contribution in [0.25, 0.3) is 0 Å². The van der Waals surface area contributed by atoms with E-state index in [2.05, 4.69) is 28.6 Å². The van der Waals surface area contributed by atoms with Gasteiger partial charge in [0, 0.05) is 67.5 Å². The van der Waals surface area contributed by atoms with Crippen LogP contribution in [0, 0.1) is 19.8 Å². The maximum Gasteiger partial charge on any atom is 0.222 e. The summed E-state index contributed by atoms with van der Waals surface area (Å²) in [6.45, 7) is 9.38. The van der Waals surface area contributed by atoms with Gasteiger partial charge in [-0.25, -0.2) is 0 Å². The number of amides is 1. The molecule has 2 heterocycles. The second kappa shape index (κ2) is 10.4. The lowest BCUT2D eigenvalue weighted by Crippen LogP contribution is -2.53. The van der Waals surface area contributed by atoms with Crippen LogP contribution in [-0.4, -0.2) is 52.2 Å². The van der Waals surface area contributed by atoms with Gasteiger partial charge >= 0.3 is 0 Å². The Morgan fingerprint density at radius 1 is 1.12 bits per heavy atom. The fourth-order valence-electron chi connectivity index (χ4n) is 4.72. The van der Waals surface area contributed by atoms with Gasteiger partial charge in [0.1, 0.15) is 0 Å². The minimum atomic E-state index is 0.0470. The number of aromatic nitrogens is 1. The third kappa shape index (κ3) is 6.21. The van der Waals surface area contributed by atoms with Crippen LogP contribution in [0.5, 0.6) is 0 Å². The normalized spacial score (nSPS) is 19.0. The molecule has 1 saturated carbocycles. The Hall–Kier alpha value is -2.24. The van der Waals surface area contributed by atoms with E-state index in [4.69, 9.17) is 11.6 Å². The summed E-state index contributed by atoms with van der Waals surface area (Å²) in [7, 11) is 0. The van der Waals surface area contributed by atoms with Gasteiger partial charge in [-0.15, -0.1) is 0 Å². The molecule has 2 aromatic rings. The Kier molecular flexibility index (Phi) is 7.50. The molecule has 2 aliphatic rings. The average Bonchev–Trinajstić information content (AvgIpc) is 3.60. The van der Waals surface area contributed by atoms with Gasteiger partial charge in [-0.1, -0.05) is 24.4 Å². The number of carbonyl (C=O) groups is 2. The number of pyridine rings is 1. The predicted octanol–water partition coefficient (Wildman–Crippen LogP) is 5.00. The average molecular weight is 468 g/mol. The van der Waals surface area contributed by atoms with Gasteiger partial charge in [0.05, 0.1) is 0 Å². The van der Waals surface area contributed by atoms with Gasteiger partial charge in [0.25, 0.3) is 0 Å². The number of halogens is 1. The second-order valence-corrected chi connectivity index (χ2v) is 10.2. The topological polar surface area (TPSA) is 53.5 Å². The highest BCUT2D eigenvalue weighted by atomic mass is 35.5. The molecule has 0 bridgehead atoms. The Labute approximate surface area is 202 Å². The Morgan fingerprint density at radius 2 is 1.88 bits per heavy atom. The van der Waals surface area contributed by atoms with Gasteiger partial charge in [-0.05, 0) is 74.1 Å². The van der Waals surface area contributed by atoms with E-state index in [9.17, 15) is 9.59 Å². The Balaban J connectivity index is 1.39. The molecule has 176 valence electrons. The van der Waals surface area contributed by atoms with Gasteiger partial charge < -0.3 is 4.90 Å². The summed E-state index contributed by atoms with van der Waals surface area (Å²) in [4.78, 5) is 34.1. The van der Waals surface area contributed by atoms with E-state index in [-0.39, 0.29) is 11.8 Å². The number of Topliss-reactive ketones (excluding diaryl/α,β-unsaturated/α-hetero) is 1. The van der Waals surface area contributed by atoms with Crippen LogP contribution in [0.2, 0.25) is 5.02 Å². The summed E-state index contributed by atoms with van der Waals surface area (Å²) in [5, 5.41) is 0.655. The van der Waals surface area contributed by atoms with Crippen molar-refractivity contribution in [2.24, 2.45) is 5.92 Å². The predicted molar refractivity (Wildman–Crippen MR) is 132 cm³/mol. The van der Waals surface area contributed by atoms with E-state index < -0.39 is 0 Å². The van der Waals surface area contributed by atoms with Crippen LogP contribution >= 0.6 is 11.6 Å². The zero-order chi connectivity index (χ0) is 23.5. The molecule has 6 heteroatoms. The third-order valence-electron chi connectivity index (χ3n) is 7.06. The van der Waals surface area contributed by atoms with Crippen molar-refractivity contribution in [2.45, 2.75) is 65.5 Å². The minimum absolute atomic E-state index is 0.0470. The fourth-order valence-corrected chi connectivity index (χ4v) is 4.98. The molecule has 4 rings (SSSR count). The monoisotopic (exact) mass is 467 g/mol. The first-order valence-corrected chi connectivity index (χ1v) is 12.4. The van der Waals surface area contributed by atoms with Crippen LogP contribution < -0.4 is 0 Å². The fraction of sp³-hybridized carbons (Fsp3) is 0.519. The summed E-state index contributed by atoms with van der Waals surface area (Å²) in [6, 6.07) is 7.81. The number of nitrogens with zero attached hydrogens (tertiary/aromatic N) is 3. The zero-order valence-corrected chi connectivity index (χ0v) is 20.7. The first-order chi connectivity index (χ1) is 15.8. The molecule has 1 aliphatic carbocycles. The van der Waals surface area contributed by atoms with E-state index in [1.807, 2.05) is 31.2 Å². The van der Waals surface area contributed by atoms with E-state index in [0.29, 0.717) is 29.3 Å². The maximum atomic E-state index is 12.8. The van der Waals surface area contributed by atoms with Crippen molar-refractivity contribution >= 4 is 23.3 Å². The molecule has 1 saturated heterocycles. The first kappa shape index (κ1) is 23.9. The number of hydrogen-bond acceptors (Lipinski definition) is 4. The van der Waals surface area contributed by atoms with Gasteiger partial charge in [-0.2, -0.15) is 0 Å². The van der Waals surface area contributed by atoms with E-state index >= 15 is 0 Å². The summed E-state index contributed by atoms with van der Waals surface area (Å²) in [5.41, 5.74) is 4.74. The third-order valence-corrected chi connectivity index (χ3v) is 7.28. The standard InChI is InChI=1S/C27H34ClN3O2/c1-18-4-8-22(15-29-18)26(32)14-23-12-25(28)13-24(20(23)3)17-30-10-11-31(19(2)16-30)27(33)9-7-21-5-6-21/h4,8,12-13,15,19,21H,5-7,9-11,14,16-17H2,1-3H3/t19-/m0/s1. The van der Waals surface area contributed by atoms with E-state index in [1.54, 1.807) is 6.20 Å². The van der Waals surface area contributed by atoms with Crippen molar-refractivity contribution in [3.05, 3.63) is 63.4 Å². The summed E-state index contributed by atoms with van der Waals surface area (Å²) >= 11 is 6.45. The highest BCUT2D eigenvalue weighted by Crippen LogP contribution is 2.34. The molecule has 2 fully saturated rings. The Morgan fingerprint density at radius 3 is 2.55 bits per heavy atom. The molecule has 5 nitrogen and oxygen atoms in total. The number of piperazine rings is 1.